The summed E-state index contributed by atoms with van der Waals surface area (Å²) in [6, 6.07) is -11.3. The van der Waals surface area contributed by atoms with Gasteiger partial charge in [0, 0.05) is 26.2 Å². The molecule has 4 fully saturated rings. The summed E-state index contributed by atoms with van der Waals surface area (Å²) in [7, 11) is -30.4. The Kier molecular flexibility index (Phi) is 38.7. The number of rotatable bonds is 36. The Balaban J connectivity index is 0. The Hall–Kier alpha value is -5.99. The number of halogens is 68. The van der Waals surface area contributed by atoms with Crippen molar-refractivity contribution >= 4 is 64.0 Å². The third-order valence-corrected chi connectivity index (χ3v) is 27.0. The fourth-order valence-corrected chi connectivity index (χ4v) is 17.5. The molecule has 0 unspecified atom stereocenters. The van der Waals surface area contributed by atoms with Gasteiger partial charge in [0.2, 0.25) is 0 Å². The molecule has 4 atom stereocenters. The van der Waals surface area contributed by atoms with Gasteiger partial charge < -0.3 is 39.6 Å². The van der Waals surface area contributed by atoms with Crippen LogP contribution < -0.4 is 20.4 Å². The van der Waals surface area contributed by atoms with Gasteiger partial charge in [0.25, 0.3) is 40.1 Å². The minimum atomic E-state index is -8.95. The summed E-state index contributed by atoms with van der Waals surface area (Å²) >= 11 is 0. The van der Waals surface area contributed by atoms with Crippen molar-refractivity contribution < 1.29 is 411 Å². The maximum Gasteiger partial charge on any atom is 2.00 e. The van der Waals surface area contributed by atoms with Crippen LogP contribution in [-0.4, -0.2) is 313 Å². The zero-order chi connectivity index (χ0) is 117. The molecule has 20 nitrogen and oxygen atoms in total. The van der Waals surface area contributed by atoms with E-state index in [0.29, 0.717) is 0 Å². The molecule has 4 saturated heterocycles. The summed E-state index contributed by atoms with van der Waals surface area (Å²) in [4.78, 5) is 43.0. The molecule has 4 heterocycles. The van der Waals surface area contributed by atoms with Crippen LogP contribution in [0, 0.1) is 0 Å². The standard InChI is InChI=1S/4C13H8F17NO4S.2Rh/c4*14-6(15,8(18,19)10(22,23)12(26,27)28)7(16,17)9(20,21)11(24,25)13(29,30)36(34,35)31-3-1-2-4(31)5(32)33;;/h4*4H,1-3H2,(H,32,33);;/q;;;;2*+2/p-4/t4*4-;;/m0000../s1. The summed E-state index contributed by atoms with van der Waals surface area (Å²) in [5, 5.41) is 11.9. The molecule has 0 aliphatic carbocycles. The smallest absolute Gasteiger partial charge is 0.548 e. The quantitative estimate of drug-likeness (QED) is 0.0416. The molecule has 4 aliphatic heterocycles. The molecule has 146 heavy (non-hydrogen) atoms. The number of nitrogens with zero attached hydrogens (tertiary/aromatic N) is 4. The van der Waals surface area contributed by atoms with Crippen LogP contribution in [0.15, 0.2) is 0 Å². The number of aliphatic carboxylic acids is 4. The van der Waals surface area contributed by atoms with Crippen LogP contribution in [0.4, 0.5) is 299 Å². The molecular formula is C52H28F68N4O16Rh2S4. The second kappa shape index (κ2) is 39.8. The van der Waals surface area contributed by atoms with Crippen molar-refractivity contribution in [2.45, 2.75) is 263 Å². The zero-order valence-electron chi connectivity index (χ0n) is 65.1. The van der Waals surface area contributed by atoms with Crippen molar-refractivity contribution in [2.24, 2.45) is 0 Å². The summed E-state index contributed by atoms with van der Waals surface area (Å²) < 4.78 is 989. The summed E-state index contributed by atoms with van der Waals surface area (Å²) in [5.41, 5.74) is 0. The van der Waals surface area contributed by atoms with E-state index >= 15 is 0 Å². The van der Waals surface area contributed by atoms with Crippen molar-refractivity contribution in [2.75, 3.05) is 26.2 Å². The average Bonchev–Trinajstić information content (AvgIpc) is 0.948. The van der Waals surface area contributed by atoms with Crippen LogP contribution >= 0.6 is 0 Å². The first-order chi connectivity index (χ1) is 61.7. The van der Waals surface area contributed by atoms with Crippen LogP contribution in [0.2, 0.25) is 0 Å². The predicted molar refractivity (Wildman–Crippen MR) is 297 cm³/mol. The molecule has 870 valence electrons. The number of hydrogen-bond acceptors (Lipinski definition) is 16. The molecule has 4 aliphatic rings. The van der Waals surface area contributed by atoms with Crippen molar-refractivity contribution in [3.05, 3.63) is 0 Å². The summed E-state index contributed by atoms with van der Waals surface area (Å²) in [6.45, 7) is -6.05. The van der Waals surface area contributed by atoms with Crippen LogP contribution in [-0.2, 0) is 98.2 Å². The van der Waals surface area contributed by atoms with Crippen molar-refractivity contribution in [1.29, 1.82) is 0 Å². The third kappa shape index (κ3) is 19.8. The molecule has 2 radical (unpaired) electrons. The van der Waals surface area contributed by atoms with Gasteiger partial charge in [-0.25, -0.2) is 33.7 Å². The van der Waals surface area contributed by atoms with Crippen LogP contribution in [0.25, 0.3) is 0 Å². The fraction of sp³-hybridized carbons (Fsp3) is 0.923. The Morgan fingerprint density at radius 2 is 0.247 bits per heavy atom. The number of carbonyl (C=O) groups excluding carboxylic acids is 4. The second-order valence-corrected chi connectivity index (χ2v) is 35.9. The Morgan fingerprint density at radius 1 is 0.164 bits per heavy atom. The molecule has 0 saturated carbocycles. The van der Waals surface area contributed by atoms with Gasteiger partial charge in [-0.15, -0.1) is 0 Å². The fourth-order valence-electron chi connectivity index (χ4n) is 10.9. The Bertz CT molecular complexity index is 4530. The number of alkyl halides is 68. The largest absolute Gasteiger partial charge is 2.00 e. The summed E-state index contributed by atoms with van der Waals surface area (Å²) in [6.07, 6.45) is -38.9. The SMILES string of the molecule is O=C([O-])[C@@H]1CCCN1S(=O)(=O)C(F)(F)C(F)(F)C(F)(F)C(F)(F)C(F)(F)C(F)(F)C(F)(F)C(F)(F)F.O=C([O-])[C@@H]1CCCN1S(=O)(=O)C(F)(F)C(F)(F)C(F)(F)C(F)(F)C(F)(F)C(F)(F)C(F)(F)C(F)(F)F.O=C([O-])[C@@H]1CCCN1S(=O)(=O)C(F)(F)C(F)(F)C(F)(F)C(F)(F)C(F)(F)C(F)(F)C(F)(F)C(F)(F)F.O=C([O-])[C@@H]1CCCN1S(=O)(=O)C(F)(F)C(F)(F)C(F)(F)C(F)(F)C(F)(F)C(F)(F)C(F)(F)C(F)(F)F.[Rh+2].[Rh+2]. The van der Waals surface area contributed by atoms with E-state index in [2.05, 4.69) is 0 Å². The number of hydrogen-bond donors (Lipinski definition) is 0. The van der Waals surface area contributed by atoms with Crippen LogP contribution in [0.3, 0.4) is 0 Å². The molecule has 0 aromatic heterocycles. The maximum atomic E-state index is 14.0. The molecule has 0 aromatic rings. The molecule has 4 rings (SSSR count). The van der Waals surface area contributed by atoms with Gasteiger partial charge in [0.15, 0.2) is 0 Å². The van der Waals surface area contributed by atoms with Crippen molar-refractivity contribution in [3.8, 4) is 0 Å². The van der Waals surface area contributed by atoms with Crippen LogP contribution in [0.5, 0.6) is 0 Å². The first-order valence-electron chi connectivity index (χ1n) is 33.4. The zero-order valence-corrected chi connectivity index (χ0v) is 71.7. The topological polar surface area (TPSA) is 310 Å². The predicted octanol–water partition coefficient (Wildman–Crippen LogP) is 14.0. The summed E-state index contributed by atoms with van der Waals surface area (Å²) in [5.74, 6) is -219. The molecule has 0 amide bonds. The van der Waals surface area contributed by atoms with Crippen molar-refractivity contribution in [1.82, 2.24) is 17.2 Å². The maximum absolute atomic E-state index is 14.0. The van der Waals surface area contributed by atoms with Crippen LogP contribution in [0.1, 0.15) is 51.4 Å². The van der Waals surface area contributed by atoms with E-state index in [-0.39, 0.29) is 39.0 Å². The Morgan fingerprint density at radius 3 is 0.329 bits per heavy atom. The molecule has 0 bridgehead atoms. The monoisotopic (exact) mass is 2590 g/mol. The third-order valence-electron chi connectivity index (χ3n) is 19.2. The first kappa shape index (κ1) is 142. The van der Waals surface area contributed by atoms with Gasteiger partial charge in [0.1, 0.15) is 0 Å². The van der Waals surface area contributed by atoms with Gasteiger partial charge in [-0.3, -0.25) is 0 Å². The average molecular weight is 2590 g/mol. The number of sulfonamides is 4. The molecule has 0 N–H and O–H groups in total. The van der Waals surface area contributed by atoms with E-state index < -0.39 is 371 Å². The van der Waals surface area contributed by atoms with E-state index in [1.165, 1.54) is 0 Å². The number of carbonyl (C=O) groups is 4. The number of carboxylic acid groups (broad SMARTS) is 4. The molecular weight excluding hydrogens is 2560 g/mol. The number of carboxylic acids is 4. The van der Waals surface area contributed by atoms with Gasteiger partial charge in [-0.2, -0.15) is 316 Å². The molecule has 0 spiro atoms. The minimum absolute atomic E-state index is 0. The molecule has 0 aromatic carbocycles. The first-order valence-corrected chi connectivity index (χ1v) is 39.2. The second-order valence-electron chi connectivity index (χ2n) is 28.2. The van der Waals surface area contributed by atoms with Gasteiger partial charge in [0.05, 0.1) is 48.0 Å². The Labute approximate surface area is 779 Å². The van der Waals surface area contributed by atoms with E-state index in [0.717, 1.165) is 0 Å². The van der Waals surface area contributed by atoms with E-state index in [9.17, 15) is 372 Å². The van der Waals surface area contributed by atoms with Gasteiger partial charge in [-0.1, -0.05) is 0 Å². The van der Waals surface area contributed by atoms with E-state index in [1.54, 1.807) is 0 Å². The van der Waals surface area contributed by atoms with Gasteiger partial charge in [-0.05, 0) is 51.4 Å². The van der Waals surface area contributed by atoms with E-state index in [1.807, 2.05) is 0 Å². The minimum Gasteiger partial charge on any atom is -0.548 e. The normalized spacial score (nSPS) is 20.4. The van der Waals surface area contributed by atoms with E-state index in [4.69, 9.17) is 0 Å². The molecule has 94 heteroatoms. The van der Waals surface area contributed by atoms with Crippen molar-refractivity contribution in [3.63, 3.8) is 0 Å². The van der Waals surface area contributed by atoms with Gasteiger partial charge >= 0.3 is 227 Å².